The molecule has 1 heterocycles. The van der Waals surface area contributed by atoms with Gasteiger partial charge in [0.1, 0.15) is 5.75 Å². The van der Waals surface area contributed by atoms with Crippen molar-refractivity contribution >= 4 is 52.3 Å². The highest BCUT2D eigenvalue weighted by molar-refractivity contribution is 6.42. The van der Waals surface area contributed by atoms with E-state index in [1.807, 2.05) is 0 Å². The third-order valence-corrected chi connectivity index (χ3v) is 5.53. The van der Waals surface area contributed by atoms with Crippen LogP contribution >= 0.6 is 23.2 Å². The van der Waals surface area contributed by atoms with Gasteiger partial charge in [-0.1, -0.05) is 23.2 Å². The molecule has 10 heteroatoms. The van der Waals surface area contributed by atoms with Crippen LogP contribution in [0, 0.1) is 5.92 Å². The molecule has 0 saturated carbocycles. The number of aliphatic hydroxyl groups excluding tert-OH is 1. The lowest BCUT2D eigenvalue weighted by Gasteiger charge is -2.17. The second kappa shape index (κ2) is 10.7. The topological polar surface area (TPSA) is 108 Å². The number of amides is 3. The Morgan fingerprint density at radius 1 is 1.19 bits per heavy atom. The molecule has 2 atom stereocenters. The summed E-state index contributed by atoms with van der Waals surface area (Å²) >= 11 is 11.8. The van der Waals surface area contributed by atoms with Gasteiger partial charge in [0, 0.05) is 30.9 Å². The summed E-state index contributed by atoms with van der Waals surface area (Å²) in [6, 6.07) is 11.4. The van der Waals surface area contributed by atoms with Crippen molar-refractivity contribution in [3.8, 4) is 5.75 Å². The summed E-state index contributed by atoms with van der Waals surface area (Å²) in [5, 5.41) is 15.3. The van der Waals surface area contributed by atoms with E-state index in [9.17, 15) is 19.5 Å². The molecule has 32 heavy (non-hydrogen) atoms. The molecule has 170 valence electrons. The van der Waals surface area contributed by atoms with Crippen LogP contribution in [0.5, 0.6) is 5.75 Å². The number of hydrogen-bond donors (Lipinski definition) is 3. The van der Waals surface area contributed by atoms with Gasteiger partial charge in [-0.05, 0) is 49.4 Å². The van der Waals surface area contributed by atoms with Crippen LogP contribution in [-0.4, -0.2) is 48.6 Å². The normalized spacial score (nSPS) is 16.6. The van der Waals surface area contributed by atoms with E-state index in [0.717, 1.165) is 0 Å². The molecule has 1 aliphatic heterocycles. The molecular formula is C22H23Cl2N3O5. The van der Waals surface area contributed by atoms with E-state index in [1.54, 1.807) is 49.4 Å². The SMILES string of the molecule is C[C@H](O)CNC(=O)[C@H]1CC(=O)N(c2ccc(OCC(=O)Nc3ccc(Cl)c(Cl)c3)cc2)C1. The fourth-order valence-corrected chi connectivity index (χ4v) is 3.47. The Bertz CT molecular complexity index is 998. The molecule has 0 aliphatic carbocycles. The van der Waals surface area contributed by atoms with Crippen LogP contribution in [0.25, 0.3) is 0 Å². The van der Waals surface area contributed by atoms with Crippen molar-refractivity contribution in [2.75, 3.05) is 29.9 Å². The number of carbonyl (C=O) groups excluding carboxylic acids is 3. The minimum Gasteiger partial charge on any atom is -0.484 e. The summed E-state index contributed by atoms with van der Waals surface area (Å²) < 4.78 is 5.49. The van der Waals surface area contributed by atoms with Crippen LogP contribution in [0.3, 0.4) is 0 Å². The van der Waals surface area contributed by atoms with E-state index in [-0.39, 0.29) is 43.8 Å². The van der Waals surface area contributed by atoms with Crippen LogP contribution in [0.1, 0.15) is 13.3 Å². The number of nitrogens with zero attached hydrogens (tertiary/aromatic N) is 1. The fraction of sp³-hybridized carbons (Fsp3) is 0.318. The van der Waals surface area contributed by atoms with Gasteiger partial charge in [-0.25, -0.2) is 0 Å². The van der Waals surface area contributed by atoms with Crippen molar-refractivity contribution in [2.24, 2.45) is 5.92 Å². The molecule has 3 amide bonds. The second-order valence-electron chi connectivity index (χ2n) is 7.46. The van der Waals surface area contributed by atoms with Gasteiger partial charge in [-0.2, -0.15) is 0 Å². The zero-order chi connectivity index (χ0) is 23.3. The maximum absolute atomic E-state index is 12.3. The van der Waals surface area contributed by atoms with E-state index < -0.39 is 12.0 Å². The lowest BCUT2D eigenvalue weighted by molar-refractivity contribution is -0.126. The van der Waals surface area contributed by atoms with E-state index in [0.29, 0.717) is 27.2 Å². The van der Waals surface area contributed by atoms with Crippen LogP contribution in [0.2, 0.25) is 10.0 Å². The van der Waals surface area contributed by atoms with Gasteiger partial charge in [-0.15, -0.1) is 0 Å². The third kappa shape index (κ3) is 6.35. The first-order valence-electron chi connectivity index (χ1n) is 9.97. The van der Waals surface area contributed by atoms with Gasteiger partial charge in [0.25, 0.3) is 5.91 Å². The van der Waals surface area contributed by atoms with E-state index in [2.05, 4.69) is 10.6 Å². The van der Waals surface area contributed by atoms with Gasteiger partial charge in [-0.3, -0.25) is 14.4 Å². The average Bonchev–Trinajstić information content (AvgIpc) is 3.15. The number of halogens is 2. The smallest absolute Gasteiger partial charge is 0.262 e. The number of hydrogen-bond acceptors (Lipinski definition) is 5. The quantitative estimate of drug-likeness (QED) is 0.539. The fourth-order valence-electron chi connectivity index (χ4n) is 3.17. The summed E-state index contributed by atoms with van der Waals surface area (Å²) in [6.07, 6.45) is -0.538. The van der Waals surface area contributed by atoms with Crippen molar-refractivity contribution in [3.05, 3.63) is 52.5 Å². The highest BCUT2D eigenvalue weighted by Crippen LogP contribution is 2.27. The Morgan fingerprint density at radius 3 is 2.56 bits per heavy atom. The summed E-state index contributed by atoms with van der Waals surface area (Å²) in [5.74, 6) is -0.794. The van der Waals surface area contributed by atoms with Gasteiger partial charge >= 0.3 is 0 Å². The molecule has 1 fully saturated rings. The standard InChI is InChI=1S/C22H23Cl2N3O5/c1-13(28)10-25-22(31)14-8-21(30)27(11-14)16-3-5-17(6-4-16)32-12-20(29)26-15-2-7-18(23)19(24)9-15/h2-7,9,13-14,28H,8,10-12H2,1H3,(H,25,31)(H,26,29)/t13-,14-/m0/s1. The van der Waals surface area contributed by atoms with E-state index in [1.165, 1.54) is 4.90 Å². The lowest BCUT2D eigenvalue weighted by atomic mass is 10.1. The monoisotopic (exact) mass is 479 g/mol. The Kier molecular flexibility index (Phi) is 7.95. The first-order valence-corrected chi connectivity index (χ1v) is 10.7. The van der Waals surface area contributed by atoms with Gasteiger partial charge in [0.15, 0.2) is 6.61 Å². The molecule has 0 unspecified atom stereocenters. The highest BCUT2D eigenvalue weighted by atomic mass is 35.5. The Hall–Kier alpha value is -2.81. The van der Waals surface area contributed by atoms with Crippen molar-refractivity contribution in [1.82, 2.24) is 5.32 Å². The molecule has 1 aliphatic rings. The van der Waals surface area contributed by atoms with Gasteiger partial charge in [0.05, 0.1) is 22.1 Å². The van der Waals surface area contributed by atoms with Crippen molar-refractivity contribution in [2.45, 2.75) is 19.4 Å². The predicted octanol–water partition coefficient (Wildman–Crippen LogP) is 2.86. The first-order chi connectivity index (χ1) is 15.2. The highest BCUT2D eigenvalue weighted by Gasteiger charge is 2.35. The maximum Gasteiger partial charge on any atom is 0.262 e. The zero-order valence-electron chi connectivity index (χ0n) is 17.3. The molecule has 3 N–H and O–H groups in total. The maximum atomic E-state index is 12.3. The summed E-state index contributed by atoms with van der Waals surface area (Å²) in [5.41, 5.74) is 1.14. The predicted molar refractivity (Wildman–Crippen MR) is 122 cm³/mol. The summed E-state index contributed by atoms with van der Waals surface area (Å²) in [4.78, 5) is 38.1. The summed E-state index contributed by atoms with van der Waals surface area (Å²) in [7, 11) is 0. The molecule has 0 aromatic heterocycles. The molecular weight excluding hydrogens is 457 g/mol. The molecule has 2 aromatic rings. The molecule has 0 bridgehead atoms. The summed E-state index contributed by atoms with van der Waals surface area (Å²) in [6.45, 7) is 1.77. The van der Waals surface area contributed by atoms with E-state index >= 15 is 0 Å². The minimum absolute atomic E-state index is 0.110. The largest absolute Gasteiger partial charge is 0.484 e. The lowest BCUT2D eigenvalue weighted by Crippen LogP contribution is -2.36. The Balaban J connectivity index is 1.51. The van der Waals surface area contributed by atoms with Crippen molar-refractivity contribution in [1.29, 1.82) is 0 Å². The Morgan fingerprint density at radius 2 is 1.91 bits per heavy atom. The van der Waals surface area contributed by atoms with E-state index in [4.69, 9.17) is 27.9 Å². The number of aliphatic hydroxyl groups is 1. The van der Waals surface area contributed by atoms with Gasteiger partial charge in [0.2, 0.25) is 11.8 Å². The van der Waals surface area contributed by atoms with Crippen molar-refractivity contribution in [3.63, 3.8) is 0 Å². The molecule has 1 saturated heterocycles. The van der Waals surface area contributed by atoms with Crippen LogP contribution < -0.4 is 20.3 Å². The third-order valence-electron chi connectivity index (χ3n) is 4.79. The Labute approximate surface area is 195 Å². The zero-order valence-corrected chi connectivity index (χ0v) is 18.8. The van der Waals surface area contributed by atoms with Crippen LogP contribution in [0.15, 0.2) is 42.5 Å². The van der Waals surface area contributed by atoms with Crippen LogP contribution in [-0.2, 0) is 14.4 Å². The van der Waals surface area contributed by atoms with Gasteiger partial charge < -0.3 is 25.4 Å². The molecule has 3 rings (SSSR count). The molecule has 0 spiro atoms. The number of ether oxygens (including phenoxy) is 1. The van der Waals surface area contributed by atoms with Crippen molar-refractivity contribution < 1.29 is 24.2 Å². The minimum atomic E-state index is -0.647. The molecule has 2 aromatic carbocycles. The molecule has 0 radical (unpaired) electrons. The first kappa shape index (κ1) is 23.8. The number of anilines is 2. The number of benzene rings is 2. The number of rotatable bonds is 8. The molecule has 8 nitrogen and oxygen atoms in total. The average molecular weight is 480 g/mol. The number of carbonyl (C=O) groups is 3. The number of nitrogens with one attached hydrogen (secondary N) is 2. The van der Waals surface area contributed by atoms with Crippen LogP contribution in [0.4, 0.5) is 11.4 Å². The second-order valence-corrected chi connectivity index (χ2v) is 8.27.